The zero-order chi connectivity index (χ0) is 24.5. The molecule has 0 saturated carbocycles. The molecule has 1 atom stereocenters. The summed E-state index contributed by atoms with van der Waals surface area (Å²) < 4.78 is 3.51. The normalized spacial score (nSPS) is 12.2. The Balaban J connectivity index is 1.66. The highest BCUT2D eigenvalue weighted by molar-refractivity contribution is 8.00. The van der Waals surface area contributed by atoms with Crippen molar-refractivity contribution in [1.29, 1.82) is 0 Å². The Labute approximate surface area is 206 Å². The van der Waals surface area contributed by atoms with Crippen molar-refractivity contribution in [2.24, 2.45) is 0 Å². The maximum absolute atomic E-state index is 13.7. The third-order valence-electron chi connectivity index (χ3n) is 6.01. The van der Waals surface area contributed by atoms with Crippen LogP contribution in [0.3, 0.4) is 0 Å². The topological polar surface area (TPSA) is 81.3 Å². The zero-order valence-corrected chi connectivity index (χ0v) is 20.5. The van der Waals surface area contributed by atoms with Crippen LogP contribution in [0.5, 0.6) is 0 Å². The first-order valence-corrected chi connectivity index (χ1v) is 12.4. The van der Waals surface area contributed by atoms with Gasteiger partial charge >= 0.3 is 0 Å². The number of hydrogen-bond acceptors (Lipinski definition) is 5. The molecule has 1 N–H and O–H groups in total. The van der Waals surface area contributed by atoms with Gasteiger partial charge in [0.15, 0.2) is 5.16 Å². The molecule has 0 saturated heterocycles. The molecule has 3 aromatic carbocycles. The van der Waals surface area contributed by atoms with Gasteiger partial charge in [-0.3, -0.25) is 14.0 Å². The fourth-order valence-corrected chi connectivity index (χ4v) is 5.27. The molecule has 8 heteroatoms. The standard InChI is InChI=1S/C27H25N5O2S/c1-4-22(24(33)28-19-13-6-5-7-14-19)35-27-30-29-26-31(27)21-16-9-8-15-20(21)25(34)32(26)23-17(2)11-10-12-18(23)3/h5-16,22H,4H2,1-3H3,(H,28,33). The number of carbonyl (C=O) groups is 1. The number of benzene rings is 3. The molecule has 0 aliphatic rings. The average molecular weight is 484 g/mol. The van der Waals surface area contributed by atoms with Gasteiger partial charge in [0.25, 0.3) is 5.56 Å². The summed E-state index contributed by atoms with van der Waals surface area (Å²) in [7, 11) is 0. The number of aromatic nitrogens is 4. The summed E-state index contributed by atoms with van der Waals surface area (Å²) in [6, 6.07) is 22.8. The van der Waals surface area contributed by atoms with Gasteiger partial charge in [-0.2, -0.15) is 0 Å². The van der Waals surface area contributed by atoms with E-state index in [4.69, 9.17) is 0 Å². The summed E-state index contributed by atoms with van der Waals surface area (Å²) in [5, 5.41) is 12.6. The highest BCUT2D eigenvalue weighted by Crippen LogP contribution is 2.29. The Morgan fingerprint density at radius 3 is 2.34 bits per heavy atom. The number of para-hydroxylation sites is 3. The molecule has 5 aromatic rings. The highest BCUT2D eigenvalue weighted by Gasteiger charge is 2.24. The van der Waals surface area contributed by atoms with Crippen LogP contribution in [0.15, 0.2) is 82.7 Å². The number of aryl methyl sites for hydroxylation is 2. The molecular formula is C27H25N5O2S. The number of hydrogen-bond donors (Lipinski definition) is 1. The smallest absolute Gasteiger partial charge is 0.267 e. The van der Waals surface area contributed by atoms with Crippen LogP contribution in [0.1, 0.15) is 24.5 Å². The molecule has 1 unspecified atom stereocenters. The Kier molecular flexibility index (Phi) is 6.13. The molecule has 0 aliphatic heterocycles. The predicted molar refractivity (Wildman–Crippen MR) is 141 cm³/mol. The van der Waals surface area contributed by atoms with Crippen molar-refractivity contribution in [3.63, 3.8) is 0 Å². The average Bonchev–Trinajstić information content (AvgIpc) is 3.28. The number of fused-ring (bicyclic) bond motifs is 3. The van der Waals surface area contributed by atoms with E-state index in [1.165, 1.54) is 11.8 Å². The zero-order valence-electron chi connectivity index (χ0n) is 19.7. The summed E-state index contributed by atoms with van der Waals surface area (Å²) in [5.74, 6) is 0.319. The molecular weight excluding hydrogens is 458 g/mol. The Bertz CT molecular complexity index is 1590. The highest BCUT2D eigenvalue weighted by atomic mass is 32.2. The molecule has 5 rings (SSSR count). The summed E-state index contributed by atoms with van der Waals surface area (Å²) in [5.41, 5.74) is 4.04. The maximum atomic E-state index is 13.7. The Morgan fingerprint density at radius 1 is 0.943 bits per heavy atom. The van der Waals surface area contributed by atoms with Crippen LogP contribution in [0.4, 0.5) is 5.69 Å². The minimum Gasteiger partial charge on any atom is -0.325 e. The lowest BCUT2D eigenvalue weighted by Gasteiger charge is -2.16. The molecule has 7 nitrogen and oxygen atoms in total. The second-order valence-corrected chi connectivity index (χ2v) is 9.56. The van der Waals surface area contributed by atoms with Gasteiger partial charge in [0.05, 0.1) is 21.8 Å². The lowest BCUT2D eigenvalue weighted by atomic mass is 10.1. The summed E-state index contributed by atoms with van der Waals surface area (Å²) in [4.78, 5) is 26.7. The van der Waals surface area contributed by atoms with Crippen molar-refractivity contribution in [3.8, 4) is 5.69 Å². The van der Waals surface area contributed by atoms with Crippen LogP contribution in [0.25, 0.3) is 22.4 Å². The molecule has 0 radical (unpaired) electrons. The van der Waals surface area contributed by atoms with Crippen LogP contribution < -0.4 is 10.9 Å². The molecule has 0 aliphatic carbocycles. The number of anilines is 1. The molecule has 1 amide bonds. The molecule has 0 bridgehead atoms. The minimum atomic E-state index is -0.387. The fraction of sp³-hybridized carbons (Fsp3) is 0.185. The molecule has 2 aromatic heterocycles. The second-order valence-electron chi connectivity index (χ2n) is 8.39. The number of carbonyl (C=O) groups excluding carboxylic acids is 1. The van der Waals surface area contributed by atoms with Gasteiger partial charge in [0, 0.05) is 5.69 Å². The Morgan fingerprint density at radius 2 is 1.63 bits per heavy atom. The SMILES string of the molecule is CCC(Sc1nnc2n(-c3c(C)cccc3C)c(=O)c3ccccc3n12)C(=O)Nc1ccccc1. The lowest BCUT2D eigenvalue weighted by Crippen LogP contribution is -2.25. The van der Waals surface area contributed by atoms with E-state index in [9.17, 15) is 9.59 Å². The number of rotatable bonds is 6. The number of nitrogens with one attached hydrogen (secondary N) is 1. The molecule has 2 heterocycles. The first-order chi connectivity index (χ1) is 17.0. The van der Waals surface area contributed by atoms with Crippen molar-refractivity contribution < 1.29 is 4.79 Å². The monoisotopic (exact) mass is 483 g/mol. The lowest BCUT2D eigenvalue weighted by molar-refractivity contribution is -0.115. The number of amides is 1. The fourth-order valence-electron chi connectivity index (χ4n) is 4.31. The third kappa shape index (κ3) is 4.10. The van der Waals surface area contributed by atoms with Crippen LogP contribution in [0, 0.1) is 13.8 Å². The first-order valence-electron chi connectivity index (χ1n) is 11.5. The largest absolute Gasteiger partial charge is 0.325 e. The minimum absolute atomic E-state index is 0.104. The van der Waals surface area contributed by atoms with Gasteiger partial charge < -0.3 is 5.32 Å². The summed E-state index contributed by atoms with van der Waals surface area (Å²) in [6.45, 7) is 5.93. The molecule has 0 spiro atoms. The predicted octanol–water partition coefficient (Wildman–Crippen LogP) is 5.16. The van der Waals surface area contributed by atoms with Crippen LogP contribution in [-0.4, -0.2) is 30.3 Å². The van der Waals surface area contributed by atoms with Gasteiger partial charge in [-0.05, 0) is 55.7 Å². The van der Waals surface area contributed by atoms with Crippen molar-refractivity contribution in [3.05, 3.63) is 94.3 Å². The molecule has 0 fully saturated rings. The van der Waals surface area contributed by atoms with E-state index in [-0.39, 0.29) is 16.7 Å². The first kappa shape index (κ1) is 22.9. The van der Waals surface area contributed by atoms with E-state index in [1.807, 2.05) is 98.0 Å². The third-order valence-corrected chi connectivity index (χ3v) is 7.32. The van der Waals surface area contributed by atoms with Crippen molar-refractivity contribution >= 4 is 40.0 Å². The van der Waals surface area contributed by atoms with Gasteiger partial charge in [0.1, 0.15) is 0 Å². The van der Waals surface area contributed by atoms with Crippen molar-refractivity contribution in [1.82, 2.24) is 19.2 Å². The molecule has 176 valence electrons. The second kappa shape index (κ2) is 9.38. The van der Waals surface area contributed by atoms with Gasteiger partial charge in [0.2, 0.25) is 11.7 Å². The van der Waals surface area contributed by atoms with Gasteiger partial charge in [-0.15, -0.1) is 10.2 Å². The number of thioether (sulfide) groups is 1. The van der Waals surface area contributed by atoms with Crippen molar-refractivity contribution in [2.75, 3.05) is 5.32 Å². The summed E-state index contributed by atoms with van der Waals surface area (Å²) >= 11 is 1.35. The van der Waals surface area contributed by atoms with E-state index in [0.29, 0.717) is 28.3 Å². The van der Waals surface area contributed by atoms with E-state index >= 15 is 0 Å². The maximum Gasteiger partial charge on any atom is 0.267 e. The summed E-state index contributed by atoms with van der Waals surface area (Å²) in [6.07, 6.45) is 0.604. The quantitative estimate of drug-likeness (QED) is 0.338. The number of nitrogens with zero attached hydrogens (tertiary/aromatic N) is 4. The molecule has 35 heavy (non-hydrogen) atoms. The van der Waals surface area contributed by atoms with E-state index in [0.717, 1.165) is 22.5 Å². The Hall–Kier alpha value is -3.91. The van der Waals surface area contributed by atoms with Crippen LogP contribution in [0.2, 0.25) is 0 Å². The van der Waals surface area contributed by atoms with E-state index < -0.39 is 0 Å². The van der Waals surface area contributed by atoms with Crippen molar-refractivity contribution in [2.45, 2.75) is 37.6 Å². The van der Waals surface area contributed by atoms with E-state index in [2.05, 4.69) is 15.5 Å². The van der Waals surface area contributed by atoms with Gasteiger partial charge in [-0.1, -0.05) is 67.2 Å². The van der Waals surface area contributed by atoms with E-state index in [1.54, 1.807) is 4.57 Å². The van der Waals surface area contributed by atoms with Crippen LogP contribution in [-0.2, 0) is 4.79 Å². The van der Waals surface area contributed by atoms with Gasteiger partial charge in [-0.25, -0.2) is 4.57 Å². The van der Waals surface area contributed by atoms with Crippen LogP contribution >= 0.6 is 11.8 Å².